The van der Waals surface area contributed by atoms with Gasteiger partial charge in [0, 0.05) is 25.6 Å². The Bertz CT molecular complexity index is 311. The third-order valence-electron chi connectivity index (χ3n) is 3.23. The van der Waals surface area contributed by atoms with Gasteiger partial charge in [0.2, 0.25) is 5.91 Å². The number of carbonyl (C=O) groups is 2. The van der Waals surface area contributed by atoms with Gasteiger partial charge in [-0.3, -0.25) is 9.59 Å². The van der Waals surface area contributed by atoms with Crippen molar-refractivity contribution in [3.05, 3.63) is 0 Å². The first-order chi connectivity index (χ1) is 8.30. The first-order valence-electron chi connectivity index (χ1n) is 6.49. The van der Waals surface area contributed by atoms with Crippen LogP contribution < -0.4 is 5.32 Å². The number of carboxylic acid groups (broad SMARTS) is 1. The summed E-state index contributed by atoms with van der Waals surface area (Å²) in [7, 11) is 2.07. The lowest BCUT2D eigenvalue weighted by Crippen LogP contribution is -2.36. The quantitative estimate of drug-likeness (QED) is 0.682. The second kappa shape index (κ2) is 6.18. The molecule has 0 heterocycles. The highest BCUT2D eigenvalue weighted by Crippen LogP contribution is 2.25. The second-order valence-electron chi connectivity index (χ2n) is 5.97. The smallest absolute Gasteiger partial charge is 0.303 e. The summed E-state index contributed by atoms with van der Waals surface area (Å²) < 4.78 is 0. The van der Waals surface area contributed by atoms with Crippen LogP contribution in [0.5, 0.6) is 0 Å². The fourth-order valence-corrected chi connectivity index (χ4v) is 2.04. The maximum Gasteiger partial charge on any atom is 0.303 e. The number of likely N-dealkylation sites (N-methyl/N-ethyl adjacent to an activating group) is 1. The third kappa shape index (κ3) is 6.00. The first kappa shape index (κ1) is 15.0. The molecule has 0 bridgehead atoms. The molecule has 1 saturated carbocycles. The predicted octanol–water partition coefficient (Wildman–Crippen LogP) is 1.09. The van der Waals surface area contributed by atoms with Crippen molar-refractivity contribution >= 4 is 11.9 Å². The van der Waals surface area contributed by atoms with E-state index in [-0.39, 0.29) is 18.7 Å². The van der Waals surface area contributed by atoms with Gasteiger partial charge in [0.25, 0.3) is 0 Å². The van der Waals surface area contributed by atoms with Gasteiger partial charge in [-0.2, -0.15) is 0 Å². The van der Waals surface area contributed by atoms with Gasteiger partial charge >= 0.3 is 5.97 Å². The van der Waals surface area contributed by atoms with Gasteiger partial charge in [0.1, 0.15) is 0 Å². The van der Waals surface area contributed by atoms with E-state index in [0.717, 1.165) is 6.54 Å². The van der Waals surface area contributed by atoms with E-state index in [4.69, 9.17) is 5.11 Å². The van der Waals surface area contributed by atoms with Crippen LogP contribution in [-0.4, -0.2) is 48.1 Å². The summed E-state index contributed by atoms with van der Waals surface area (Å²) in [5.41, 5.74) is -0.488. The van der Waals surface area contributed by atoms with Crippen molar-refractivity contribution in [2.24, 2.45) is 5.41 Å². The van der Waals surface area contributed by atoms with Crippen molar-refractivity contribution in [1.29, 1.82) is 0 Å². The molecule has 0 aliphatic heterocycles. The third-order valence-corrected chi connectivity index (χ3v) is 3.23. The van der Waals surface area contributed by atoms with E-state index in [1.165, 1.54) is 12.8 Å². The van der Waals surface area contributed by atoms with Crippen LogP contribution in [0.3, 0.4) is 0 Å². The Morgan fingerprint density at radius 1 is 1.33 bits per heavy atom. The maximum atomic E-state index is 11.7. The predicted molar refractivity (Wildman–Crippen MR) is 69.3 cm³/mol. The molecular formula is C13H24N2O3. The van der Waals surface area contributed by atoms with E-state index in [9.17, 15) is 9.59 Å². The van der Waals surface area contributed by atoms with Crippen molar-refractivity contribution in [3.8, 4) is 0 Å². The van der Waals surface area contributed by atoms with Gasteiger partial charge in [-0.15, -0.1) is 0 Å². The number of hydrogen-bond donors (Lipinski definition) is 2. The molecule has 104 valence electrons. The summed E-state index contributed by atoms with van der Waals surface area (Å²) in [6, 6.07) is 0.699. The molecule has 18 heavy (non-hydrogen) atoms. The molecule has 2 N–H and O–H groups in total. The zero-order valence-electron chi connectivity index (χ0n) is 11.5. The summed E-state index contributed by atoms with van der Waals surface area (Å²) in [5, 5.41) is 11.6. The second-order valence-corrected chi connectivity index (χ2v) is 5.97. The number of nitrogens with one attached hydrogen (secondary N) is 1. The Kier molecular flexibility index (Phi) is 5.14. The van der Waals surface area contributed by atoms with Crippen molar-refractivity contribution in [3.63, 3.8) is 0 Å². The van der Waals surface area contributed by atoms with E-state index in [2.05, 4.69) is 17.3 Å². The lowest BCUT2D eigenvalue weighted by molar-refractivity contribution is -0.139. The largest absolute Gasteiger partial charge is 0.481 e. The Hall–Kier alpha value is -1.10. The normalized spacial score (nSPS) is 15.8. The molecule has 0 saturated heterocycles. The Labute approximate surface area is 109 Å². The summed E-state index contributed by atoms with van der Waals surface area (Å²) in [4.78, 5) is 24.6. The monoisotopic (exact) mass is 256 g/mol. The SMILES string of the molecule is CN(CCNC(=O)CC(C)(C)CC(=O)O)C1CC1. The molecule has 0 unspecified atom stereocenters. The Morgan fingerprint density at radius 3 is 2.44 bits per heavy atom. The van der Waals surface area contributed by atoms with Gasteiger partial charge < -0.3 is 15.3 Å². The van der Waals surface area contributed by atoms with Crippen LogP contribution in [-0.2, 0) is 9.59 Å². The van der Waals surface area contributed by atoms with Crippen LogP contribution in [0.4, 0.5) is 0 Å². The molecule has 1 aliphatic carbocycles. The van der Waals surface area contributed by atoms with E-state index in [1.807, 2.05) is 0 Å². The van der Waals surface area contributed by atoms with Crippen molar-refractivity contribution < 1.29 is 14.7 Å². The molecule has 0 spiro atoms. The standard InChI is InChI=1S/C13H24N2O3/c1-13(2,9-12(17)18)8-11(16)14-6-7-15(3)10-4-5-10/h10H,4-9H2,1-3H3,(H,14,16)(H,17,18). The Balaban J connectivity index is 2.17. The van der Waals surface area contributed by atoms with Crippen molar-refractivity contribution in [2.45, 2.75) is 45.6 Å². The molecule has 1 fully saturated rings. The molecule has 1 amide bonds. The zero-order chi connectivity index (χ0) is 13.8. The lowest BCUT2D eigenvalue weighted by atomic mass is 9.85. The molecule has 1 aliphatic rings. The highest BCUT2D eigenvalue weighted by Gasteiger charge is 2.27. The van der Waals surface area contributed by atoms with Crippen molar-refractivity contribution in [1.82, 2.24) is 10.2 Å². The minimum atomic E-state index is -0.860. The van der Waals surface area contributed by atoms with Crippen LogP contribution in [0.15, 0.2) is 0 Å². The molecule has 0 aromatic heterocycles. The van der Waals surface area contributed by atoms with Gasteiger partial charge in [0.15, 0.2) is 0 Å². The number of rotatable bonds is 8. The minimum Gasteiger partial charge on any atom is -0.481 e. The number of aliphatic carboxylic acids is 1. The zero-order valence-corrected chi connectivity index (χ0v) is 11.5. The van der Waals surface area contributed by atoms with Crippen LogP contribution in [0.2, 0.25) is 0 Å². The molecule has 0 aromatic rings. The van der Waals surface area contributed by atoms with Gasteiger partial charge in [0.05, 0.1) is 6.42 Å². The molecule has 5 nitrogen and oxygen atoms in total. The lowest BCUT2D eigenvalue weighted by Gasteiger charge is -2.22. The highest BCUT2D eigenvalue weighted by atomic mass is 16.4. The van der Waals surface area contributed by atoms with Crippen LogP contribution in [0.25, 0.3) is 0 Å². The van der Waals surface area contributed by atoms with Gasteiger partial charge in [-0.25, -0.2) is 0 Å². The summed E-state index contributed by atoms with van der Waals surface area (Å²) in [6.07, 6.45) is 2.79. The van der Waals surface area contributed by atoms with E-state index in [0.29, 0.717) is 12.6 Å². The Morgan fingerprint density at radius 2 is 1.94 bits per heavy atom. The summed E-state index contributed by atoms with van der Waals surface area (Å²) in [6.45, 7) is 5.10. The van der Waals surface area contributed by atoms with Crippen LogP contribution >= 0.6 is 0 Å². The van der Waals surface area contributed by atoms with Gasteiger partial charge in [-0.1, -0.05) is 13.8 Å². The topological polar surface area (TPSA) is 69.6 Å². The minimum absolute atomic E-state index is 0.0163. The van der Waals surface area contributed by atoms with Crippen LogP contribution in [0.1, 0.15) is 39.5 Å². The average molecular weight is 256 g/mol. The van der Waals surface area contributed by atoms with Crippen molar-refractivity contribution in [2.75, 3.05) is 20.1 Å². The van der Waals surface area contributed by atoms with E-state index in [1.54, 1.807) is 13.8 Å². The number of carboxylic acids is 1. The van der Waals surface area contributed by atoms with E-state index < -0.39 is 11.4 Å². The first-order valence-corrected chi connectivity index (χ1v) is 6.49. The molecule has 0 aromatic carbocycles. The average Bonchev–Trinajstić information content (AvgIpc) is 2.96. The molecule has 1 rings (SSSR count). The maximum absolute atomic E-state index is 11.7. The number of hydrogen-bond acceptors (Lipinski definition) is 3. The molecule has 0 atom stereocenters. The number of carbonyl (C=O) groups excluding carboxylic acids is 1. The number of nitrogens with zero attached hydrogens (tertiary/aromatic N) is 1. The number of amides is 1. The summed E-state index contributed by atoms with van der Waals surface area (Å²) in [5.74, 6) is -0.924. The fourth-order valence-electron chi connectivity index (χ4n) is 2.04. The van der Waals surface area contributed by atoms with Gasteiger partial charge in [-0.05, 0) is 25.3 Å². The fraction of sp³-hybridized carbons (Fsp3) is 0.846. The van der Waals surface area contributed by atoms with E-state index >= 15 is 0 Å². The molecular weight excluding hydrogens is 232 g/mol. The highest BCUT2D eigenvalue weighted by molar-refractivity contribution is 5.77. The van der Waals surface area contributed by atoms with Crippen LogP contribution in [0, 0.1) is 5.41 Å². The molecule has 5 heteroatoms. The molecule has 0 radical (unpaired) electrons. The summed E-state index contributed by atoms with van der Waals surface area (Å²) >= 11 is 0.